The molecular weight excluding hydrogens is 361 g/mol. The summed E-state index contributed by atoms with van der Waals surface area (Å²) in [5.74, 6) is -0.230. The number of anilines is 1. The number of hydrogen-bond acceptors (Lipinski definition) is 3. The molecule has 3 nitrogen and oxygen atoms in total. The van der Waals surface area contributed by atoms with Gasteiger partial charge in [0.25, 0.3) is 0 Å². The highest BCUT2D eigenvalue weighted by molar-refractivity contribution is 5.53. The number of rotatable bonds is 7. The van der Waals surface area contributed by atoms with E-state index in [9.17, 15) is 4.39 Å². The Labute approximate surface area is 171 Å². The van der Waals surface area contributed by atoms with Gasteiger partial charge in [-0.1, -0.05) is 54.6 Å². The molecule has 29 heavy (non-hydrogen) atoms. The van der Waals surface area contributed by atoms with Gasteiger partial charge in [0.2, 0.25) is 0 Å². The van der Waals surface area contributed by atoms with Crippen molar-refractivity contribution in [3.63, 3.8) is 0 Å². The average molecular weight is 388 g/mol. The van der Waals surface area contributed by atoms with Crippen molar-refractivity contribution in [1.82, 2.24) is 5.32 Å². The van der Waals surface area contributed by atoms with Crippen LogP contribution in [0.3, 0.4) is 0 Å². The minimum atomic E-state index is -0.230. The van der Waals surface area contributed by atoms with Crippen molar-refractivity contribution in [2.24, 2.45) is 5.73 Å². The molecule has 0 bridgehead atoms. The zero-order valence-corrected chi connectivity index (χ0v) is 16.5. The average Bonchev–Trinajstić information content (AvgIpc) is 2.76. The maximum absolute atomic E-state index is 13.5. The fraction of sp³-hybridized carbons (Fsp3) is 0.200. The first-order chi connectivity index (χ1) is 14.1. The Morgan fingerprint density at radius 1 is 0.828 bits per heavy atom. The molecule has 0 fully saturated rings. The number of benzene rings is 3. The van der Waals surface area contributed by atoms with Crippen molar-refractivity contribution in [3.8, 4) is 0 Å². The van der Waals surface area contributed by atoms with E-state index in [4.69, 9.17) is 5.73 Å². The molecule has 4 N–H and O–H groups in total. The summed E-state index contributed by atoms with van der Waals surface area (Å²) >= 11 is 0. The quantitative estimate of drug-likeness (QED) is 0.492. The zero-order valence-electron chi connectivity index (χ0n) is 16.5. The molecule has 1 aliphatic carbocycles. The van der Waals surface area contributed by atoms with Crippen molar-refractivity contribution in [2.75, 3.05) is 5.32 Å². The minimum Gasteiger partial charge on any atom is -0.401 e. The first-order valence-electron chi connectivity index (χ1n) is 10.0. The predicted molar refractivity (Wildman–Crippen MR) is 117 cm³/mol. The Kier molecular flexibility index (Phi) is 5.63. The molecule has 2 atom stereocenters. The third-order valence-electron chi connectivity index (χ3n) is 5.47. The summed E-state index contributed by atoms with van der Waals surface area (Å²) in [5.41, 5.74) is 12.4. The van der Waals surface area contributed by atoms with Crippen LogP contribution >= 0.6 is 0 Å². The van der Waals surface area contributed by atoms with Gasteiger partial charge in [-0.2, -0.15) is 0 Å². The van der Waals surface area contributed by atoms with Crippen molar-refractivity contribution >= 4 is 5.69 Å². The third-order valence-corrected chi connectivity index (χ3v) is 5.47. The highest BCUT2D eigenvalue weighted by Gasteiger charge is 2.19. The van der Waals surface area contributed by atoms with Crippen LogP contribution in [0.2, 0.25) is 0 Å². The lowest BCUT2D eigenvalue weighted by Gasteiger charge is -2.26. The normalized spacial score (nSPS) is 15.5. The fourth-order valence-electron chi connectivity index (χ4n) is 3.64. The van der Waals surface area contributed by atoms with Crippen LogP contribution in [0.4, 0.5) is 10.1 Å². The van der Waals surface area contributed by atoms with E-state index in [2.05, 4.69) is 41.8 Å². The minimum absolute atomic E-state index is 0.0692. The molecule has 0 saturated heterocycles. The van der Waals surface area contributed by atoms with Crippen LogP contribution in [-0.4, -0.2) is 0 Å². The monoisotopic (exact) mass is 387 g/mol. The molecule has 0 aromatic heterocycles. The zero-order chi connectivity index (χ0) is 20.2. The van der Waals surface area contributed by atoms with E-state index in [-0.39, 0.29) is 17.9 Å². The molecule has 3 aromatic carbocycles. The number of hydrogen-bond donors (Lipinski definition) is 3. The largest absolute Gasteiger partial charge is 0.401 e. The first-order valence-corrected chi connectivity index (χ1v) is 10.0. The molecule has 148 valence electrons. The predicted octanol–water partition coefficient (Wildman–Crippen LogP) is 5.64. The summed E-state index contributed by atoms with van der Waals surface area (Å²) in [6, 6.07) is 25.4. The summed E-state index contributed by atoms with van der Waals surface area (Å²) in [7, 11) is 0. The van der Waals surface area contributed by atoms with Gasteiger partial charge in [0.05, 0.1) is 6.04 Å². The molecule has 0 aliphatic heterocycles. The van der Waals surface area contributed by atoms with Crippen molar-refractivity contribution < 1.29 is 4.39 Å². The van der Waals surface area contributed by atoms with Gasteiger partial charge in [-0.15, -0.1) is 0 Å². The molecular formula is C25H26FN3. The van der Waals surface area contributed by atoms with E-state index in [1.165, 1.54) is 17.7 Å². The van der Waals surface area contributed by atoms with Crippen LogP contribution in [0.5, 0.6) is 0 Å². The summed E-state index contributed by atoms with van der Waals surface area (Å²) in [5, 5.41) is 7.15. The molecule has 0 spiro atoms. The lowest BCUT2D eigenvalue weighted by Crippen LogP contribution is -2.26. The van der Waals surface area contributed by atoms with Crippen LogP contribution in [0, 0.1) is 5.82 Å². The Morgan fingerprint density at radius 3 is 2.21 bits per heavy atom. The molecule has 4 rings (SSSR count). The summed E-state index contributed by atoms with van der Waals surface area (Å²) < 4.78 is 13.5. The Hall–Kier alpha value is -3.11. The van der Waals surface area contributed by atoms with Gasteiger partial charge in [-0.05, 0) is 60.7 Å². The first kappa shape index (κ1) is 19.2. The van der Waals surface area contributed by atoms with E-state index < -0.39 is 0 Å². The van der Waals surface area contributed by atoms with Crippen LogP contribution in [0.1, 0.15) is 48.5 Å². The van der Waals surface area contributed by atoms with E-state index in [1.807, 2.05) is 42.5 Å². The van der Waals surface area contributed by atoms with Crippen LogP contribution in [0.15, 0.2) is 90.3 Å². The maximum atomic E-state index is 13.5. The van der Waals surface area contributed by atoms with Crippen molar-refractivity contribution in [2.45, 2.75) is 31.8 Å². The van der Waals surface area contributed by atoms with Gasteiger partial charge < -0.3 is 11.1 Å². The lowest BCUT2D eigenvalue weighted by atomic mass is 9.95. The number of halogens is 1. The summed E-state index contributed by atoms with van der Waals surface area (Å²) in [6.07, 6.45) is 1.94. The standard InChI is InChI=1S/C25H26FN3/c1-17(18-6-3-2-4-7-18)28-25(19-10-12-21(26)13-11-19)20-8-5-9-22(16-20)29-24-15-14-23(24)27/h2-13,16-17,25,28-29H,14-15,27H2,1H3. The lowest BCUT2D eigenvalue weighted by molar-refractivity contribution is 0.515. The molecule has 4 heteroatoms. The Morgan fingerprint density at radius 2 is 1.55 bits per heavy atom. The van der Waals surface area contributed by atoms with Gasteiger partial charge in [0.15, 0.2) is 0 Å². The fourth-order valence-corrected chi connectivity index (χ4v) is 3.64. The van der Waals surface area contributed by atoms with Gasteiger partial charge in [-0.25, -0.2) is 4.39 Å². The van der Waals surface area contributed by atoms with Gasteiger partial charge in [0.1, 0.15) is 5.82 Å². The number of nitrogens with two attached hydrogens (primary N) is 1. The van der Waals surface area contributed by atoms with Gasteiger partial charge in [0, 0.05) is 23.1 Å². The summed E-state index contributed by atoms with van der Waals surface area (Å²) in [4.78, 5) is 0. The molecule has 2 unspecified atom stereocenters. The van der Waals surface area contributed by atoms with Crippen LogP contribution in [0.25, 0.3) is 0 Å². The second kappa shape index (κ2) is 8.50. The van der Waals surface area contributed by atoms with Gasteiger partial charge >= 0.3 is 0 Å². The molecule has 0 amide bonds. The molecule has 0 saturated carbocycles. The van der Waals surface area contributed by atoms with Gasteiger partial charge in [-0.3, -0.25) is 5.32 Å². The van der Waals surface area contributed by atoms with E-state index in [0.29, 0.717) is 0 Å². The second-order valence-corrected chi connectivity index (χ2v) is 7.54. The second-order valence-electron chi connectivity index (χ2n) is 7.54. The van der Waals surface area contributed by atoms with E-state index in [0.717, 1.165) is 41.1 Å². The van der Waals surface area contributed by atoms with E-state index in [1.54, 1.807) is 0 Å². The molecule has 3 aromatic rings. The SMILES string of the molecule is CC(NC(c1ccc(F)cc1)c1cccc(NC2=C(N)CC2)c1)c1ccccc1. The maximum Gasteiger partial charge on any atom is 0.123 e. The number of allylic oxidation sites excluding steroid dienone is 2. The van der Waals surface area contributed by atoms with Crippen LogP contribution < -0.4 is 16.4 Å². The third kappa shape index (κ3) is 4.49. The Bertz CT molecular complexity index is 996. The molecule has 0 heterocycles. The van der Waals surface area contributed by atoms with Crippen molar-refractivity contribution in [1.29, 1.82) is 0 Å². The highest BCUT2D eigenvalue weighted by atomic mass is 19.1. The number of nitrogens with one attached hydrogen (secondary N) is 2. The molecule has 0 radical (unpaired) electrons. The molecule has 1 aliphatic rings. The summed E-state index contributed by atoms with van der Waals surface area (Å²) in [6.45, 7) is 2.15. The van der Waals surface area contributed by atoms with Crippen LogP contribution in [-0.2, 0) is 0 Å². The van der Waals surface area contributed by atoms with Crippen molar-refractivity contribution in [3.05, 3.63) is 113 Å². The highest BCUT2D eigenvalue weighted by Crippen LogP contribution is 2.30. The Balaban J connectivity index is 1.64. The smallest absolute Gasteiger partial charge is 0.123 e. The van der Waals surface area contributed by atoms with E-state index >= 15 is 0 Å². The topological polar surface area (TPSA) is 50.1 Å².